The quantitative estimate of drug-likeness (QED) is 0.521. The zero-order valence-electron chi connectivity index (χ0n) is 16.1. The van der Waals surface area contributed by atoms with Crippen molar-refractivity contribution in [3.8, 4) is 11.1 Å². The van der Waals surface area contributed by atoms with Gasteiger partial charge in [0.15, 0.2) is 5.78 Å². The van der Waals surface area contributed by atoms with Crippen molar-refractivity contribution in [3.05, 3.63) is 65.7 Å². The van der Waals surface area contributed by atoms with Crippen molar-refractivity contribution in [2.75, 3.05) is 5.32 Å². The molecule has 29 heavy (non-hydrogen) atoms. The Balaban J connectivity index is 1.69. The molecule has 3 nitrogen and oxygen atoms in total. The summed E-state index contributed by atoms with van der Waals surface area (Å²) in [5.74, 6) is -3.12. The van der Waals surface area contributed by atoms with Crippen LogP contribution in [-0.4, -0.2) is 17.6 Å². The number of anilines is 1. The van der Waals surface area contributed by atoms with Crippen molar-refractivity contribution in [1.29, 1.82) is 0 Å². The summed E-state index contributed by atoms with van der Waals surface area (Å²) >= 11 is 0. The van der Waals surface area contributed by atoms with Crippen molar-refractivity contribution >= 4 is 28.2 Å². The van der Waals surface area contributed by atoms with Gasteiger partial charge in [0.05, 0.1) is 6.42 Å². The van der Waals surface area contributed by atoms with Gasteiger partial charge in [-0.05, 0) is 39.6 Å². The minimum absolute atomic E-state index is 0.0215. The van der Waals surface area contributed by atoms with E-state index in [0.29, 0.717) is 12.0 Å². The summed E-state index contributed by atoms with van der Waals surface area (Å²) in [6.45, 7) is 1.42. The van der Waals surface area contributed by atoms with Crippen LogP contribution in [0.25, 0.3) is 21.9 Å². The minimum atomic E-state index is -2.81. The van der Waals surface area contributed by atoms with Crippen LogP contribution in [0.2, 0.25) is 0 Å². The van der Waals surface area contributed by atoms with Gasteiger partial charge in [-0.1, -0.05) is 49.4 Å². The van der Waals surface area contributed by atoms with Crippen molar-refractivity contribution in [3.63, 3.8) is 0 Å². The molecule has 0 aliphatic carbocycles. The molecular formula is C24H21F2NO2. The van der Waals surface area contributed by atoms with E-state index in [1.165, 1.54) is 6.92 Å². The Morgan fingerprint density at radius 3 is 2.72 bits per heavy atom. The molecule has 0 aromatic heterocycles. The fourth-order valence-electron chi connectivity index (χ4n) is 3.70. The maximum absolute atomic E-state index is 13.5. The van der Waals surface area contributed by atoms with Gasteiger partial charge in [0.25, 0.3) is 0 Å². The molecule has 0 saturated heterocycles. The van der Waals surface area contributed by atoms with E-state index < -0.39 is 12.3 Å². The second-order valence-electron chi connectivity index (χ2n) is 7.47. The Bertz CT molecular complexity index is 1120. The van der Waals surface area contributed by atoms with E-state index in [1.807, 2.05) is 42.5 Å². The summed E-state index contributed by atoms with van der Waals surface area (Å²) in [5, 5.41) is 4.70. The minimum Gasteiger partial charge on any atom is -0.326 e. The normalized spacial score (nSPS) is 13.4. The maximum atomic E-state index is 13.5. The largest absolute Gasteiger partial charge is 0.326 e. The maximum Gasteiger partial charge on any atom is 0.248 e. The lowest BCUT2D eigenvalue weighted by molar-refractivity contribution is -0.115. The number of carbonyl (C=O) groups is 2. The van der Waals surface area contributed by atoms with E-state index in [-0.39, 0.29) is 24.5 Å². The number of ketones is 1. The van der Waals surface area contributed by atoms with Crippen LogP contribution >= 0.6 is 0 Å². The number of alkyl halides is 2. The monoisotopic (exact) mass is 393 g/mol. The van der Waals surface area contributed by atoms with E-state index >= 15 is 0 Å². The Hall–Kier alpha value is -3.08. The first-order valence-electron chi connectivity index (χ1n) is 9.73. The summed E-state index contributed by atoms with van der Waals surface area (Å²) in [7, 11) is 0. The first kappa shape index (κ1) is 19.2. The van der Waals surface area contributed by atoms with Gasteiger partial charge in [0.1, 0.15) is 0 Å². The molecule has 3 aromatic carbocycles. The molecular weight excluding hydrogens is 372 g/mol. The number of benzene rings is 3. The van der Waals surface area contributed by atoms with Gasteiger partial charge >= 0.3 is 0 Å². The molecule has 3 aromatic rings. The highest BCUT2D eigenvalue weighted by atomic mass is 19.3. The predicted molar refractivity (Wildman–Crippen MR) is 111 cm³/mol. The number of hydrogen-bond acceptors (Lipinski definition) is 2. The number of halogens is 2. The van der Waals surface area contributed by atoms with E-state index in [0.717, 1.165) is 33.2 Å². The van der Waals surface area contributed by atoms with E-state index in [4.69, 9.17) is 0 Å². The van der Waals surface area contributed by atoms with Gasteiger partial charge in [0.2, 0.25) is 11.8 Å². The van der Waals surface area contributed by atoms with Crippen molar-refractivity contribution in [2.45, 2.75) is 38.5 Å². The van der Waals surface area contributed by atoms with Crippen molar-refractivity contribution in [2.24, 2.45) is 0 Å². The van der Waals surface area contributed by atoms with Crippen molar-refractivity contribution < 1.29 is 18.4 Å². The number of fused-ring (bicyclic) bond motifs is 2. The van der Waals surface area contributed by atoms with Crippen LogP contribution in [0.3, 0.4) is 0 Å². The second-order valence-corrected chi connectivity index (χ2v) is 7.47. The lowest BCUT2D eigenvalue weighted by atomic mass is 9.94. The van der Waals surface area contributed by atoms with E-state index in [2.05, 4.69) is 5.32 Å². The number of hydrogen-bond donors (Lipinski definition) is 1. The Morgan fingerprint density at radius 2 is 1.93 bits per heavy atom. The molecule has 4 rings (SSSR count). The van der Waals surface area contributed by atoms with Gasteiger partial charge in [-0.3, -0.25) is 9.59 Å². The Labute approximate surface area is 167 Å². The van der Waals surface area contributed by atoms with Crippen LogP contribution in [0.15, 0.2) is 54.6 Å². The number of carbonyl (C=O) groups excluding carboxylic acids is 2. The number of rotatable bonds is 6. The molecule has 0 atom stereocenters. The molecule has 1 aliphatic rings. The summed E-state index contributed by atoms with van der Waals surface area (Å²) in [6.07, 6.45) is -0.505. The average Bonchev–Trinajstić information content (AvgIpc) is 3.10. The second kappa shape index (κ2) is 7.39. The molecule has 0 spiro atoms. The number of Topliss-reactive ketones (excluding diaryl/α,β-unsaturated/α-hetero) is 1. The number of amides is 1. The first-order chi connectivity index (χ1) is 13.9. The first-order valence-corrected chi connectivity index (χ1v) is 9.73. The van der Waals surface area contributed by atoms with Crippen LogP contribution in [-0.2, 0) is 11.2 Å². The topological polar surface area (TPSA) is 46.2 Å². The molecule has 0 bridgehead atoms. The van der Waals surface area contributed by atoms with Crippen LogP contribution in [0, 0.1) is 0 Å². The molecule has 5 heteroatoms. The third-order valence-corrected chi connectivity index (χ3v) is 5.49. The summed E-state index contributed by atoms with van der Waals surface area (Å²) in [5.41, 5.74) is 4.07. The molecule has 1 aliphatic heterocycles. The highest BCUT2D eigenvalue weighted by Gasteiger charge is 2.27. The van der Waals surface area contributed by atoms with E-state index in [9.17, 15) is 18.4 Å². The Kier molecular flexibility index (Phi) is 4.91. The molecule has 1 amide bonds. The molecule has 0 fully saturated rings. The molecule has 0 saturated carbocycles. The summed E-state index contributed by atoms with van der Waals surface area (Å²) in [4.78, 5) is 24.1. The Morgan fingerprint density at radius 1 is 1.10 bits per heavy atom. The highest BCUT2D eigenvalue weighted by Crippen LogP contribution is 2.34. The van der Waals surface area contributed by atoms with Crippen LogP contribution in [0.5, 0.6) is 0 Å². The third kappa shape index (κ3) is 3.90. The van der Waals surface area contributed by atoms with Crippen LogP contribution in [0.4, 0.5) is 14.5 Å². The van der Waals surface area contributed by atoms with E-state index in [1.54, 1.807) is 12.1 Å². The van der Waals surface area contributed by atoms with Gasteiger partial charge in [0, 0.05) is 30.5 Å². The van der Waals surface area contributed by atoms with Crippen LogP contribution in [0.1, 0.15) is 42.1 Å². The lowest BCUT2D eigenvalue weighted by Gasteiger charge is -2.13. The third-order valence-electron chi connectivity index (χ3n) is 5.49. The zero-order chi connectivity index (χ0) is 20.6. The fraction of sp³-hybridized carbons (Fsp3) is 0.250. The van der Waals surface area contributed by atoms with Gasteiger partial charge in [-0.15, -0.1) is 0 Å². The SMILES string of the molecule is CCC(F)(F)CCC(=O)c1ccc2cccc(-c3ccc4c(c3)NC(=O)C4)c2c1. The smallest absolute Gasteiger partial charge is 0.248 e. The molecule has 148 valence electrons. The lowest BCUT2D eigenvalue weighted by Crippen LogP contribution is -2.16. The average molecular weight is 393 g/mol. The van der Waals surface area contributed by atoms with Crippen LogP contribution < -0.4 is 5.32 Å². The highest BCUT2D eigenvalue weighted by molar-refractivity contribution is 6.05. The van der Waals surface area contributed by atoms with Gasteiger partial charge in [-0.25, -0.2) is 8.78 Å². The fourth-order valence-corrected chi connectivity index (χ4v) is 3.70. The molecule has 1 heterocycles. The standard InChI is InChI=1S/C24H21F2NO2/c1-2-24(25,26)11-10-22(28)18-9-6-15-4-3-5-19(20(15)12-18)16-7-8-17-14-23(29)27-21(17)13-16/h3-9,12-13H,2,10-11,14H2,1H3,(H,27,29). The molecule has 0 radical (unpaired) electrons. The number of nitrogens with one attached hydrogen (secondary N) is 1. The van der Waals surface area contributed by atoms with Gasteiger partial charge in [-0.2, -0.15) is 0 Å². The summed E-state index contributed by atoms with van der Waals surface area (Å²) < 4.78 is 27.0. The zero-order valence-corrected chi connectivity index (χ0v) is 16.1. The molecule has 0 unspecified atom stereocenters. The summed E-state index contributed by atoms with van der Waals surface area (Å²) in [6, 6.07) is 17.0. The van der Waals surface area contributed by atoms with Gasteiger partial charge < -0.3 is 5.32 Å². The molecule has 1 N–H and O–H groups in total. The van der Waals surface area contributed by atoms with Crippen molar-refractivity contribution in [1.82, 2.24) is 0 Å². The predicted octanol–water partition coefficient (Wildman–Crippen LogP) is 6.01.